The SMILES string of the molecule is CCCNC(=O)[C@H](C)N(CCc1ccccc1)C(=O)CN(c1cccc(C(C)=O)c1)S(C)(=O)=O. The van der Waals surface area contributed by atoms with Gasteiger partial charge in [-0.1, -0.05) is 49.4 Å². The molecule has 2 aromatic rings. The van der Waals surface area contributed by atoms with Crippen LogP contribution in [0, 0.1) is 0 Å². The third-order valence-corrected chi connectivity index (χ3v) is 6.56. The quantitative estimate of drug-likeness (QED) is 0.464. The Labute approximate surface area is 202 Å². The topological polar surface area (TPSA) is 104 Å². The lowest BCUT2D eigenvalue weighted by Crippen LogP contribution is -2.52. The number of nitrogens with zero attached hydrogens (tertiary/aromatic N) is 2. The minimum Gasteiger partial charge on any atom is -0.354 e. The fraction of sp³-hybridized carbons (Fsp3) is 0.400. The van der Waals surface area contributed by atoms with Crippen LogP contribution >= 0.6 is 0 Å². The number of anilines is 1. The maximum absolute atomic E-state index is 13.4. The van der Waals surface area contributed by atoms with E-state index in [1.165, 1.54) is 24.0 Å². The molecule has 184 valence electrons. The number of nitrogens with one attached hydrogen (secondary N) is 1. The Morgan fingerprint density at radius 1 is 1.03 bits per heavy atom. The van der Waals surface area contributed by atoms with Gasteiger partial charge in [-0.05, 0) is 44.4 Å². The Bertz CT molecular complexity index is 1100. The van der Waals surface area contributed by atoms with Gasteiger partial charge in [0.2, 0.25) is 21.8 Å². The summed E-state index contributed by atoms with van der Waals surface area (Å²) in [4.78, 5) is 39.3. The second-order valence-corrected chi connectivity index (χ2v) is 10.1. The van der Waals surface area contributed by atoms with Gasteiger partial charge in [0.15, 0.2) is 5.78 Å². The predicted octanol–water partition coefficient (Wildman–Crippen LogP) is 2.64. The van der Waals surface area contributed by atoms with E-state index in [-0.39, 0.29) is 23.9 Å². The zero-order chi connectivity index (χ0) is 25.3. The Balaban J connectivity index is 2.33. The average Bonchev–Trinajstić information content (AvgIpc) is 2.80. The van der Waals surface area contributed by atoms with Gasteiger partial charge < -0.3 is 10.2 Å². The molecular weight excluding hydrogens is 454 g/mol. The third-order valence-electron chi connectivity index (χ3n) is 5.42. The number of sulfonamides is 1. The van der Waals surface area contributed by atoms with Crippen molar-refractivity contribution in [1.29, 1.82) is 0 Å². The molecule has 2 rings (SSSR count). The fourth-order valence-corrected chi connectivity index (χ4v) is 4.30. The van der Waals surface area contributed by atoms with Gasteiger partial charge in [-0.3, -0.25) is 18.7 Å². The molecule has 0 aliphatic carbocycles. The first-order valence-corrected chi connectivity index (χ1v) is 13.1. The van der Waals surface area contributed by atoms with E-state index in [1.54, 1.807) is 19.1 Å². The Morgan fingerprint density at radius 2 is 1.71 bits per heavy atom. The molecular formula is C25H33N3O5S. The number of carbonyl (C=O) groups is 3. The van der Waals surface area contributed by atoms with Crippen LogP contribution in [0.4, 0.5) is 5.69 Å². The van der Waals surface area contributed by atoms with Crippen LogP contribution in [0.3, 0.4) is 0 Å². The Kier molecular flexibility index (Phi) is 9.80. The number of Topliss-reactive ketones (excluding diaryl/α,β-unsaturated/α-hetero) is 1. The van der Waals surface area contributed by atoms with E-state index in [9.17, 15) is 22.8 Å². The second kappa shape index (κ2) is 12.3. The van der Waals surface area contributed by atoms with E-state index in [0.29, 0.717) is 18.5 Å². The molecule has 0 radical (unpaired) electrons. The van der Waals surface area contributed by atoms with Crippen molar-refractivity contribution in [2.45, 2.75) is 39.7 Å². The molecule has 1 atom stereocenters. The number of hydrogen-bond donors (Lipinski definition) is 1. The minimum absolute atomic E-state index is 0.215. The highest BCUT2D eigenvalue weighted by molar-refractivity contribution is 7.92. The van der Waals surface area contributed by atoms with Gasteiger partial charge in [-0.2, -0.15) is 0 Å². The average molecular weight is 488 g/mol. The summed E-state index contributed by atoms with van der Waals surface area (Å²) in [6, 6.07) is 14.9. The van der Waals surface area contributed by atoms with E-state index in [1.807, 2.05) is 37.3 Å². The van der Waals surface area contributed by atoms with Crippen molar-refractivity contribution >= 4 is 33.3 Å². The first-order valence-electron chi connectivity index (χ1n) is 11.2. The standard InChI is InChI=1S/C25H33N3O5S/c1-5-15-26-25(31)19(2)27(16-14-21-10-7-6-8-11-21)24(30)18-28(34(4,32)33)23-13-9-12-22(17-23)20(3)29/h6-13,17,19H,5,14-16,18H2,1-4H3,(H,26,31)/t19-/m0/s1. The van der Waals surface area contributed by atoms with Crippen LogP contribution in [0.1, 0.15) is 43.1 Å². The summed E-state index contributed by atoms with van der Waals surface area (Å²) in [6.45, 7) is 5.20. The summed E-state index contributed by atoms with van der Waals surface area (Å²) in [5.74, 6) is -1.02. The summed E-state index contributed by atoms with van der Waals surface area (Å²) in [7, 11) is -3.84. The predicted molar refractivity (Wildman–Crippen MR) is 133 cm³/mol. The van der Waals surface area contributed by atoms with E-state index >= 15 is 0 Å². The number of amides is 2. The Hall–Kier alpha value is -3.20. The van der Waals surface area contributed by atoms with E-state index in [4.69, 9.17) is 0 Å². The molecule has 0 spiro atoms. The van der Waals surface area contributed by atoms with Crippen molar-refractivity contribution in [1.82, 2.24) is 10.2 Å². The molecule has 0 aliphatic rings. The van der Waals surface area contributed by atoms with Crippen LogP contribution < -0.4 is 9.62 Å². The highest BCUT2D eigenvalue weighted by atomic mass is 32.2. The molecule has 34 heavy (non-hydrogen) atoms. The monoisotopic (exact) mass is 487 g/mol. The molecule has 0 saturated heterocycles. The smallest absolute Gasteiger partial charge is 0.244 e. The molecule has 9 heteroatoms. The first kappa shape index (κ1) is 27.0. The van der Waals surface area contributed by atoms with E-state index in [2.05, 4.69) is 5.32 Å². The maximum Gasteiger partial charge on any atom is 0.244 e. The lowest BCUT2D eigenvalue weighted by molar-refractivity contribution is -0.138. The lowest BCUT2D eigenvalue weighted by atomic mass is 10.1. The summed E-state index contributed by atoms with van der Waals surface area (Å²) in [5.41, 5.74) is 1.55. The van der Waals surface area contributed by atoms with Crippen molar-refractivity contribution in [3.05, 3.63) is 65.7 Å². The van der Waals surface area contributed by atoms with Crippen LogP contribution in [-0.4, -0.2) is 62.8 Å². The van der Waals surface area contributed by atoms with Crippen LogP contribution in [0.5, 0.6) is 0 Å². The molecule has 1 N–H and O–H groups in total. The van der Waals surface area contributed by atoms with E-state index < -0.39 is 28.5 Å². The number of carbonyl (C=O) groups excluding carboxylic acids is 3. The molecule has 0 unspecified atom stereocenters. The summed E-state index contributed by atoms with van der Waals surface area (Å²) < 4.78 is 26.1. The van der Waals surface area contributed by atoms with Crippen LogP contribution in [0.2, 0.25) is 0 Å². The normalized spacial score (nSPS) is 12.0. The number of ketones is 1. The van der Waals surface area contributed by atoms with Crippen molar-refractivity contribution in [3.63, 3.8) is 0 Å². The molecule has 2 aromatic carbocycles. The van der Waals surface area contributed by atoms with Crippen molar-refractivity contribution in [2.75, 3.05) is 30.2 Å². The first-order chi connectivity index (χ1) is 16.0. The van der Waals surface area contributed by atoms with Gasteiger partial charge in [0, 0.05) is 18.7 Å². The van der Waals surface area contributed by atoms with Gasteiger partial charge in [-0.25, -0.2) is 8.42 Å². The molecule has 0 heterocycles. The second-order valence-electron chi connectivity index (χ2n) is 8.17. The van der Waals surface area contributed by atoms with E-state index in [0.717, 1.165) is 22.5 Å². The van der Waals surface area contributed by atoms with Gasteiger partial charge >= 0.3 is 0 Å². The van der Waals surface area contributed by atoms with Crippen molar-refractivity contribution < 1.29 is 22.8 Å². The van der Waals surface area contributed by atoms with Gasteiger partial charge in [0.25, 0.3) is 0 Å². The van der Waals surface area contributed by atoms with Crippen LogP contribution in [0.15, 0.2) is 54.6 Å². The maximum atomic E-state index is 13.4. The third kappa shape index (κ3) is 7.69. The highest BCUT2D eigenvalue weighted by Gasteiger charge is 2.29. The molecule has 0 bridgehead atoms. The number of hydrogen-bond acceptors (Lipinski definition) is 5. The molecule has 2 amide bonds. The largest absolute Gasteiger partial charge is 0.354 e. The fourth-order valence-electron chi connectivity index (χ4n) is 3.46. The molecule has 0 aromatic heterocycles. The number of rotatable bonds is 12. The van der Waals surface area contributed by atoms with Gasteiger partial charge in [0.1, 0.15) is 12.6 Å². The lowest BCUT2D eigenvalue weighted by Gasteiger charge is -2.31. The summed E-state index contributed by atoms with van der Waals surface area (Å²) in [6.07, 6.45) is 2.27. The number of benzene rings is 2. The molecule has 0 fully saturated rings. The minimum atomic E-state index is -3.84. The van der Waals surface area contributed by atoms with Crippen LogP contribution in [0.25, 0.3) is 0 Å². The van der Waals surface area contributed by atoms with Crippen molar-refractivity contribution in [2.24, 2.45) is 0 Å². The Morgan fingerprint density at radius 3 is 2.29 bits per heavy atom. The van der Waals surface area contributed by atoms with Crippen LogP contribution in [-0.2, 0) is 26.0 Å². The van der Waals surface area contributed by atoms with Gasteiger partial charge in [-0.15, -0.1) is 0 Å². The van der Waals surface area contributed by atoms with Gasteiger partial charge in [0.05, 0.1) is 11.9 Å². The zero-order valence-electron chi connectivity index (χ0n) is 20.2. The molecule has 8 nitrogen and oxygen atoms in total. The zero-order valence-corrected chi connectivity index (χ0v) is 21.0. The highest BCUT2D eigenvalue weighted by Crippen LogP contribution is 2.20. The summed E-state index contributed by atoms with van der Waals surface area (Å²) >= 11 is 0. The molecule has 0 saturated carbocycles. The van der Waals surface area contributed by atoms with Crippen molar-refractivity contribution in [3.8, 4) is 0 Å². The summed E-state index contributed by atoms with van der Waals surface area (Å²) in [5, 5.41) is 2.80. The molecule has 0 aliphatic heterocycles.